The molecule has 0 aromatic carbocycles. The Hall–Kier alpha value is -0.0300. The number of rotatable bonds is 3. The van der Waals surface area contributed by atoms with E-state index in [4.69, 9.17) is 5.73 Å². The van der Waals surface area contributed by atoms with Crippen LogP contribution < -0.4 is 5.73 Å². The van der Waals surface area contributed by atoms with Gasteiger partial charge in [0.1, 0.15) is 0 Å². The van der Waals surface area contributed by atoms with Crippen molar-refractivity contribution < 1.29 is 4.79 Å². The van der Waals surface area contributed by atoms with Crippen LogP contribution >= 0.6 is 24.8 Å². The van der Waals surface area contributed by atoms with Gasteiger partial charge in [0.2, 0.25) is 5.91 Å². The van der Waals surface area contributed by atoms with E-state index >= 15 is 0 Å². The predicted molar refractivity (Wildman–Crippen MR) is 104 cm³/mol. The van der Waals surface area contributed by atoms with E-state index in [0.29, 0.717) is 29.7 Å². The Labute approximate surface area is 159 Å². The van der Waals surface area contributed by atoms with Crippen LogP contribution in [0.4, 0.5) is 0 Å². The molecule has 1 aliphatic heterocycles. The van der Waals surface area contributed by atoms with E-state index in [1.807, 2.05) is 11.9 Å². The Balaban J connectivity index is 0.00000144. The van der Waals surface area contributed by atoms with Crippen LogP contribution in [0.25, 0.3) is 0 Å². The summed E-state index contributed by atoms with van der Waals surface area (Å²) in [5, 5.41) is 0. The lowest BCUT2D eigenvalue weighted by Gasteiger charge is -2.44. The minimum atomic E-state index is 0. The summed E-state index contributed by atoms with van der Waals surface area (Å²) in [6.07, 6.45) is 8.39. The van der Waals surface area contributed by atoms with E-state index in [2.05, 4.69) is 11.9 Å². The monoisotopic (exact) mass is 379 g/mol. The molecule has 0 radical (unpaired) electrons. The van der Waals surface area contributed by atoms with Crippen molar-refractivity contribution in [1.82, 2.24) is 9.80 Å². The van der Waals surface area contributed by atoms with Crippen LogP contribution in [-0.4, -0.2) is 55.5 Å². The first kappa shape index (κ1) is 22.0. The lowest BCUT2D eigenvalue weighted by atomic mass is 9.65. The summed E-state index contributed by atoms with van der Waals surface area (Å²) in [4.78, 5) is 17.3. The maximum Gasteiger partial charge on any atom is 0.225 e. The van der Waals surface area contributed by atoms with Gasteiger partial charge in [-0.15, -0.1) is 24.8 Å². The molecule has 2 bridgehead atoms. The number of hydrogen-bond acceptors (Lipinski definition) is 3. The van der Waals surface area contributed by atoms with Crippen molar-refractivity contribution in [3.63, 3.8) is 0 Å². The quantitative estimate of drug-likeness (QED) is 0.819. The van der Waals surface area contributed by atoms with Gasteiger partial charge in [-0.2, -0.15) is 0 Å². The molecule has 2 N–H and O–H groups in total. The molecule has 1 heterocycles. The first-order valence-corrected chi connectivity index (χ1v) is 9.23. The highest BCUT2D eigenvalue weighted by Gasteiger charge is 2.41. The van der Waals surface area contributed by atoms with Gasteiger partial charge in [-0.3, -0.25) is 4.79 Å². The molecule has 0 aromatic rings. The zero-order chi connectivity index (χ0) is 15.7. The minimum Gasteiger partial charge on any atom is -0.345 e. The van der Waals surface area contributed by atoms with Crippen molar-refractivity contribution in [1.29, 1.82) is 0 Å². The van der Waals surface area contributed by atoms with E-state index in [1.165, 1.54) is 38.6 Å². The molecule has 3 atom stereocenters. The second kappa shape index (κ2) is 9.61. The number of nitrogens with zero attached hydrogens (tertiary/aromatic N) is 2. The molecule has 0 aromatic heterocycles. The van der Waals surface area contributed by atoms with Gasteiger partial charge in [0.25, 0.3) is 0 Å². The molecule has 3 rings (SSSR count). The summed E-state index contributed by atoms with van der Waals surface area (Å²) in [7, 11) is 4.21. The maximum atomic E-state index is 12.9. The molecule has 2 saturated carbocycles. The zero-order valence-corrected chi connectivity index (χ0v) is 16.8. The van der Waals surface area contributed by atoms with Crippen molar-refractivity contribution >= 4 is 30.7 Å². The second-order valence-corrected chi connectivity index (χ2v) is 8.19. The molecule has 0 spiro atoms. The van der Waals surface area contributed by atoms with Gasteiger partial charge in [0.05, 0.1) is 0 Å². The molecular weight excluding hydrogens is 345 g/mol. The predicted octanol–water partition coefficient (Wildman–Crippen LogP) is 2.78. The first-order valence-electron chi connectivity index (χ1n) is 9.23. The van der Waals surface area contributed by atoms with Crippen molar-refractivity contribution in [3.8, 4) is 0 Å². The number of fused-ring (bicyclic) bond motifs is 2. The number of carbonyl (C=O) groups is 1. The summed E-state index contributed by atoms with van der Waals surface area (Å²) in [6.45, 7) is 3.28. The summed E-state index contributed by atoms with van der Waals surface area (Å²) in [5.41, 5.74) is 6.36. The van der Waals surface area contributed by atoms with E-state index in [1.54, 1.807) is 0 Å². The highest BCUT2D eigenvalue weighted by atomic mass is 35.5. The van der Waals surface area contributed by atoms with Gasteiger partial charge in [0, 0.05) is 32.1 Å². The SMILES string of the molecule is CN1CCCC(CN(C)C(=O)C2CC3CCCC(C2)C3N)C1.Cl.Cl. The molecule has 4 nitrogen and oxygen atoms in total. The van der Waals surface area contributed by atoms with E-state index < -0.39 is 0 Å². The van der Waals surface area contributed by atoms with E-state index in [9.17, 15) is 4.79 Å². The topological polar surface area (TPSA) is 49.6 Å². The minimum absolute atomic E-state index is 0. The molecule has 3 fully saturated rings. The number of likely N-dealkylation sites (tertiary alicyclic amines) is 1. The third kappa shape index (κ3) is 5.00. The van der Waals surface area contributed by atoms with Crippen molar-refractivity contribution in [3.05, 3.63) is 0 Å². The van der Waals surface area contributed by atoms with Crippen LogP contribution in [0.3, 0.4) is 0 Å². The van der Waals surface area contributed by atoms with Crippen LogP contribution in [0.15, 0.2) is 0 Å². The summed E-state index contributed by atoms with van der Waals surface area (Å²) >= 11 is 0. The number of piperidine rings is 1. The Morgan fingerprint density at radius 2 is 1.75 bits per heavy atom. The third-order valence-electron chi connectivity index (χ3n) is 6.39. The van der Waals surface area contributed by atoms with Crippen molar-refractivity contribution in [2.45, 2.75) is 51.0 Å². The van der Waals surface area contributed by atoms with Crippen LogP contribution in [-0.2, 0) is 4.79 Å². The van der Waals surface area contributed by atoms with Gasteiger partial charge in [0.15, 0.2) is 0 Å². The average Bonchev–Trinajstić information content (AvgIpc) is 2.46. The van der Waals surface area contributed by atoms with Crippen molar-refractivity contribution in [2.75, 3.05) is 33.7 Å². The molecule has 142 valence electrons. The van der Waals surface area contributed by atoms with E-state index in [0.717, 1.165) is 25.9 Å². The average molecular weight is 380 g/mol. The fraction of sp³-hybridized carbons (Fsp3) is 0.944. The van der Waals surface area contributed by atoms with Crippen LogP contribution in [0.1, 0.15) is 44.9 Å². The van der Waals surface area contributed by atoms with Gasteiger partial charge in [-0.05, 0) is 69.9 Å². The zero-order valence-electron chi connectivity index (χ0n) is 15.2. The fourth-order valence-corrected chi connectivity index (χ4v) is 5.20. The highest BCUT2D eigenvalue weighted by molar-refractivity contribution is 5.85. The van der Waals surface area contributed by atoms with Gasteiger partial charge >= 0.3 is 0 Å². The maximum absolute atomic E-state index is 12.9. The number of nitrogens with two attached hydrogens (primary N) is 1. The van der Waals surface area contributed by atoms with Crippen LogP contribution in [0.5, 0.6) is 0 Å². The Morgan fingerprint density at radius 1 is 1.12 bits per heavy atom. The van der Waals surface area contributed by atoms with Crippen LogP contribution in [0.2, 0.25) is 0 Å². The smallest absolute Gasteiger partial charge is 0.225 e. The van der Waals surface area contributed by atoms with Crippen LogP contribution in [0, 0.1) is 23.7 Å². The number of hydrogen-bond donors (Lipinski definition) is 1. The third-order valence-corrected chi connectivity index (χ3v) is 6.39. The normalized spacial score (nSPS) is 36.2. The molecule has 1 amide bonds. The highest BCUT2D eigenvalue weighted by Crippen LogP contribution is 2.42. The Kier molecular flexibility index (Phi) is 8.81. The fourth-order valence-electron chi connectivity index (χ4n) is 5.20. The summed E-state index contributed by atoms with van der Waals surface area (Å²) < 4.78 is 0. The molecule has 3 unspecified atom stereocenters. The molecule has 24 heavy (non-hydrogen) atoms. The number of carbonyl (C=O) groups excluding carboxylic acids is 1. The van der Waals surface area contributed by atoms with Gasteiger partial charge < -0.3 is 15.5 Å². The molecule has 3 aliphatic rings. The molecule has 6 heteroatoms. The van der Waals surface area contributed by atoms with Gasteiger partial charge in [-0.1, -0.05) is 6.42 Å². The molecule has 1 saturated heterocycles. The Bertz CT molecular complexity index is 396. The van der Waals surface area contributed by atoms with E-state index in [-0.39, 0.29) is 30.7 Å². The standard InChI is InChI=1S/C18H33N3O.2ClH/c1-20-8-4-5-13(11-20)12-21(2)18(22)16-9-14-6-3-7-15(10-16)17(14)19;;/h13-17H,3-12,19H2,1-2H3;2*1H. The largest absolute Gasteiger partial charge is 0.345 e. The lowest BCUT2D eigenvalue weighted by Crippen LogP contribution is -2.50. The first-order chi connectivity index (χ1) is 10.5. The summed E-state index contributed by atoms with van der Waals surface area (Å²) in [5.74, 6) is 2.46. The second-order valence-electron chi connectivity index (χ2n) is 8.19. The van der Waals surface area contributed by atoms with Crippen molar-refractivity contribution in [2.24, 2.45) is 29.4 Å². The number of halogens is 2. The van der Waals surface area contributed by atoms with Gasteiger partial charge in [-0.25, -0.2) is 0 Å². The Morgan fingerprint density at radius 3 is 2.33 bits per heavy atom. The summed E-state index contributed by atoms with van der Waals surface area (Å²) in [6, 6.07) is 0.357. The molecule has 2 aliphatic carbocycles. The number of amides is 1. The molecular formula is C18H35Cl2N3O. The lowest BCUT2D eigenvalue weighted by molar-refractivity contribution is -0.138.